The minimum absolute atomic E-state index is 0.796. The second-order valence-electron chi connectivity index (χ2n) is 3.70. The van der Waals surface area contributed by atoms with Crippen LogP contribution in [0.15, 0.2) is 23.2 Å². The lowest BCUT2D eigenvalue weighted by molar-refractivity contribution is 0.827. The molecule has 0 amide bonds. The molecule has 0 aliphatic heterocycles. The zero-order valence-corrected chi connectivity index (χ0v) is 11.4. The first-order valence-electron chi connectivity index (χ1n) is 5.48. The van der Waals surface area contributed by atoms with E-state index in [0.717, 1.165) is 34.6 Å². The Kier molecular flexibility index (Phi) is 3.73. The van der Waals surface area contributed by atoms with Crippen molar-refractivity contribution in [2.75, 3.05) is 11.9 Å². The molecule has 0 saturated carbocycles. The highest BCUT2D eigenvalue weighted by Gasteiger charge is 2.09. The van der Waals surface area contributed by atoms with Crippen molar-refractivity contribution in [3.05, 3.63) is 28.8 Å². The summed E-state index contributed by atoms with van der Waals surface area (Å²) in [4.78, 5) is 8.49. The Labute approximate surface area is 108 Å². The van der Waals surface area contributed by atoms with Crippen LogP contribution in [-0.2, 0) is 0 Å². The molecule has 2 aromatic heterocycles. The molecule has 0 unspecified atom stereocenters. The van der Waals surface area contributed by atoms with Crippen molar-refractivity contribution in [3.63, 3.8) is 0 Å². The monoisotopic (exact) mass is 295 g/mol. The maximum absolute atomic E-state index is 4.26. The molecule has 1 N–H and O–H groups in total. The smallest absolute Gasteiger partial charge is 0.161 e. The highest BCUT2D eigenvalue weighted by Crippen LogP contribution is 2.18. The van der Waals surface area contributed by atoms with Crippen molar-refractivity contribution in [2.24, 2.45) is 0 Å². The first-order valence-corrected chi connectivity index (χ1v) is 6.27. The molecule has 6 heteroatoms. The van der Waals surface area contributed by atoms with Crippen molar-refractivity contribution >= 4 is 21.7 Å². The summed E-state index contributed by atoms with van der Waals surface area (Å²) in [6.45, 7) is 5.01. The lowest BCUT2D eigenvalue weighted by Gasteiger charge is -2.10. The lowest BCUT2D eigenvalue weighted by Crippen LogP contribution is -2.08. The van der Waals surface area contributed by atoms with Crippen LogP contribution in [-0.4, -0.2) is 26.3 Å². The molecule has 0 bridgehead atoms. The number of anilines is 1. The molecule has 0 atom stereocenters. The number of nitrogens with zero attached hydrogens (tertiary/aromatic N) is 4. The number of hydrogen-bond donors (Lipinski definition) is 1. The fraction of sp³-hybridized carbons (Fsp3) is 0.364. The normalized spacial score (nSPS) is 10.5. The van der Waals surface area contributed by atoms with Crippen LogP contribution >= 0.6 is 15.9 Å². The number of halogens is 1. The summed E-state index contributed by atoms with van der Waals surface area (Å²) < 4.78 is 2.66. The van der Waals surface area contributed by atoms with Crippen LogP contribution in [0.4, 0.5) is 5.82 Å². The molecule has 2 rings (SSSR count). The summed E-state index contributed by atoms with van der Waals surface area (Å²) in [6, 6.07) is 0. The summed E-state index contributed by atoms with van der Waals surface area (Å²) in [6.07, 6.45) is 6.22. The number of aromatic nitrogens is 4. The number of nitrogens with one attached hydrogen (secondary N) is 1. The third-order valence-corrected chi connectivity index (χ3v) is 2.78. The topological polar surface area (TPSA) is 55.6 Å². The minimum atomic E-state index is 0.796. The van der Waals surface area contributed by atoms with Crippen LogP contribution in [0.25, 0.3) is 5.82 Å². The second-order valence-corrected chi connectivity index (χ2v) is 4.62. The highest BCUT2D eigenvalue weighted by atomic mass is 79.9. The molecule has 2 aromatic rings. The molecule has 17 heavy (non-hydrogen) atoms. The van der Waals surface area contributed by atoms with Gasteiger partial charge in [-0.1, -0.05) is 6.92 Å². The Balaban J connectivity index is 2.35. The van der Waals surface area contributed by atoms with E-state index in [1.54, 1.807) is 17.2 Å². The summed E-state index contributed by atoms with van der Waals surface area (Å²) in [7, 11) is 0. The van der Waals surface area contributed by atoms with Gasteiger partial charge >= 0.3 is 0 Å². The predicted molar refractivity (Wildman–Crippen MR) is 70.4 cm³/mol. The Morgan fingerprint density at radius 3 is 2.88 bits per heavy atom. The van der Waals surface area contributed by atoms with Gasteiger partial charge in [-0.25, -0.2) is 14.6 Å². The van der Waals surface area contributed by atoms with E-state index in [0.29, 0.717) is 0 Å². The van der Waals surface area contributed by atoms with Gasteiger partial charge in [-0.2, -0.15) is 5.10 Å². The van der Waals surface area contributed by atoms with Crippen molar-refractivity contribution in [3.8, 4) is 5.82 Å². The molecular weight excluding hydrogens is 282 g/mol. The van der Waals surface area contributed by atoms with Gasteiger partial charge < -0.3 is 5.32 Å². The van der Waals surface area contributed by atoms with Crippen LogP contribution in [0.1, 0.15) is 18.9 Å². The van der Waals surface area contributed by atoms with Gasteiger partial charge in [0.1, 0.15) is 12.1 Å². The average Bonchev–Trinajstić information content (AvgIpc) is 2.74. The van der Waals surface area contributed by atoms with Gasteiger partial charge in [-0.15, -0.1) is 0 Å². The van der Waals surface area contributed by atoms with E-state index in [-0.39, 0.29) is 0 Å². The van der Waals surface area contributed by atoms with Crippen LogP contribution in [0.3, 0.4) is 0 Å². The molecule has 0 fully saturated rings. The van der Waals surface area contributed by atoms with Crippen LogP contribution < -0.4 is 5.32 Å². The zero-order valence-electron chi connectivity index (χ0n) is 9.81. The Hall–Kier alpha value is -1.43. The molecule has 5 nitrogen and oxygen atoms in total. The molecule has 0 aliphatic carbocycles. The van der Waals surface area contributed by atoms with Crippen LogP contribution in [0, 0.1) is 6.92 Å². The molecule has 0 radical (unpaired) electrons. The zero-order chi connectivity index (χ0) is 12.3. The van der Waals surface area contributed by atoms with E-state index in [1.807, 2.05) is 13.1 Å². The minimum Gasteiger partial charge on any atom is -0.370 e. The first-order chi connectivity index (χ1) is 8.22. The molecule has 90 valence electrons. The summed E-state index contributed by atoms with van der Waals surface area (Å²) in [5, 5.41) is 7.50. The van der Waals surface area contributed by atoms with Gasteiger partial charge in [0.2, 0.25) is 0 Å². The van der Waals surface area contributed by atoms with E-state index in [1.165, 1.54) is 0 Å². The molecule has 2 heterocycles. The Morgan fingerprint density at radius 2 is 2.24 bits per heavy atom. The van der Waals surface area contributed by atoms with Gasteiger partial charge in [0.15, 0.2) is 5.82 Å². The quantitative estimate of drug-likeness (QED) is 0.942. The Bertz CT molecular complexity index is 508. The standard InChI is InChI=1S/C11H14BrN5/c1-3-4-13-10-8(2)11(15-7-14-10)17-6-9(12)5-16-17/h5-7H,3-4H2,1-2H3,(H,13,14,15). The SMILES string of the molecule is CCCNc1ncnc(-n2cc(Br)cn2)c1C. The van der Waals surface area contributed by atoms with Gasteiger partial charge in [0, 0.05) is 18.3 Å². The molecule has 0 aromatic carbocycles. The Morgan fingerprint density at radius 1 is 1.41 bits per heavy atom. The third kappa shape index (κ3) is 2.63. The second kappa shape index (κ2) is 5.27. The maximum Gasteiger partial charge on any atom is 0.161 e. The average molecular weight is 296 g/mol. The van der Waals surface area contributed by atoms with E-state index >= 15 is 0 Å². The molecule has 0 aliphatic rings. The predicted octanol–water partition coefficient (Wildman–Crippen LogP) is 2.56. The first kappa shape index (κ1) is 12.0. The van der Waals surface area contributed by atoms with Crippen LogP contribution in [0.2, 0.25) is 0 Å². The van der Waals surface area contributed by atoms with Gasteiger partial charge in [0.05, 0.1) is 10.7 Å². The molecule has 0 saturated heterocycles. The van der Waals surface area contributed by atoms with Crippen LogP contribution in [0.5, 0.6) is 0 Å². The van der Waals surface area contributed by atoms with Crippen molar-refractivity contribution in [2.45, 2.75) is 20.3 Å². The summed E-state index contributed by atoms with van der Waals surface area (Å²) in [5.74, 6) is 1.66. The van der Waals surface area contributed by atoms with Gasteiger partial charge in [0.25, 0.3) is 0 Å². The fourth-order valence-electron chi connectivity index (χ4n) is 1.51. The number of rotatable bonds is 4. The van der Waals surface area contributed by atoms with Gasteiger partial charge in [-0.3, -0.25) is 0 Å². The van der Waals surface area contributed by atoms with E-state index in [4.69, 9.17) is 0 Å². The molecular formula is C11H14BrN5. The van der Waals surface area contributed by atoms with Crippen molar-refractivity contribution < 1.29 is 0 Å². The van der Waals surface area contributed by atoms with E-state index < -0.39 is 0 Å². The van der Waals surface area contributed by atoms with E-state index in [2.05, 4.69) is 43.2 Å². The lowest BCUT2D eigenvalue weighted by atomic mass is 10.3. The maximum atomic E-state index is 4.26. The fourth-order valence-corrected chi connectivity index (χ4v) is 1.80. The number of hydrogen-bond acceptors (Lipinski definition) is 4. The largest absolute Gasteiger partial charge is 0.370 e. The third-order valence-electron chi connectivity index (χ3n) is 2.37. The van der Waals surface area contributed by atoms with E-state index in [9.17, 15) is 0 Å². The highest BCUT2D eigenvalue weighted by molar-refractivity contribution is 9.10. The van der Waals surface area contributed by atoms with Crippen molar-refractivity contribution in [1.82, 2.24) is 19.7 Å². The summed E-state index contributed by atoms with van der Waals surface area (Å²) >= 11 is 3.37. The van der Waals surface area contributed by atoms with Crippen molar-refractivity contribution in [1.29, 1.82) is 0 Å². The molecule has 0 spiro atoms. The van der Waals surface area contributed by atoms with Gasteiger partial charge in [-0.05, 0) is 29.3 Å². The summed E-state index contributed by atoms with van der Waals surface area (Å²) in [5.41, 5.74) is 0.997.